The number of benzene rings is 2. The molecule has 2 aliphatic rings. The highest BCUT2D eigenvalue weighted by atomic mass is 19.1. The molecule has 0 amide bonds. The van der Waals surface area contributed by atoms with Crippen molar-refractivity contribution in [2.75, 3.05) is 45.8 Å². The first-order valence-electron chi connectivity index (χ1n) is 11.2. The Morgan fingerprint density at radius 3 is 2.35 bits per heavy atom. The number of aliphatic hydroxyl groups is 1. The van der Waals surface area contributed by atoms with Crippen molar-refractivity contribution in [2.45, 2.75) is 31.5 Å². The number of rotatable bonds is 6. The van der Waals surface area contributed by atoms with Gasteiger partial charge in [0.05, 0.1) is 17.7 Å². The van der Waals surface area contributed by atoms with E-state index in [1.807, 2.05) is 18.2 Å². The highest BCUT2D eigenvalue weighted by Gasteiger charge is 2.28. The van der Waals surface area contributed by atoms with Crippen molar-refractivity contribution in [3.05, 3.63) is 71.0 Å². The Bertz CT molecular complexity index is 881. The highest BCUT2D eigenvalue weighted by Crippen LogP contribution is 2.21. The summed E-state index contributed by atoms with van der Waals surface area (Å²) in [5.74, 6) is -0.272. The average Bonchev–Trinajstić information content (AvgIpc) is 2.81. The van der Waals surface area contributed by atoms with Crippen molar-refractivity contribution in [1.29, 1.82) is 5.26 Å². The van der Waals surface area contributed by atoms with Crippen LogP contribution < -0.4 is 0 Å². The van der Waals surface area contributed by atoms with Gasteiger partial charge in [-0.2, -0.15) is 5.26 Å². The van der Waals surface area contributed by atoms with E-state index in [4.69, 9.17) is 5.26 Å². The van der Waals surface area contributed by atoms with Gasteiger partial charge in [0.15, 0.2) is 0 Å². The number of aliphatic hydroxyl groups excluding tert-OH is 1. The molecule has 0 aromatic heterocycles. The minimum absolute atomic E-state index is 0.272. The molecule has 0 spiro atoms. The van der Waals surface area contributed by atoms with E-state index in [0.717, 1.165) is 56.9 Å². The second-order valence-electron chi connectivity index (χ2n) is 8.72. The molecule has 2 aliphatic heterocycles. The first kappa shape index (κ1) is 21.9. The van der Waals surface area contributed by atoms with Crippen molar-refractivity contribution >= 4 is 0 Å². The molecule has 2 fully saturated rings. The fourth-order valence-electron chi connectivity index (χ4n) is 4.79. The summed E-state index contributed by atoms with van der Waals surface area (Å²) in [6, 6.07) is 16.9. The molecule has 2 saturated heterocycles. The van der Waals surface area contributed by atoms with Gasteiger partial charge in [0.1, 0.15) is 5.82 Å². The molecule has 4 rings (SSSR count). The Balaban J connectivity index is 1.19. The zero-order chi connectivity index (χ0) is 21.6. The van der Waals surface area contributed by atoms with E-state index in [-0.39, 0.29) is 5.82 Å². The molecule has 5 nitrogen and oxygen atoms in total. The maximum atomic E-state index is 13.1. The molecule has 1 N–H and O–H groups in total. The number of nitrogens with zero attached hydrogens (tertiary/aromatic N) is 4. The highest BCUT2D eigenvalue weighted by molar-refractivity contribution is 5.32. The molecule has 2 aromatic rings. The van der Waals surface area contributed by atoms with Crippen molar-refractivity contribution in [3.8, 4) is 6.07 Å². The van der Waals surface area contributed by atoms with Crippen LogP contribution in [0.1, 0.15) is 35.6 Å². The Kier molecular flexibility index (Phi) is 7.31. The summed E-state index contributed by atoms with van der Waals surface area (Å²) >= 11 is 0. The Morgan fingerprint density at radius 1 is 0.968 bits per heavy atom. The molecular formula is C25H31FN4O. The molecule has 164 valence electrons. The quantitative estimate of drug-likeness (QED) is 0.776. The third kappa shape index (κ3) is 5.90. The summed E-state index contributed by atoms with van der Waals surface area (Å²) in [6.07, 6.45) is 1.78. The van der Waals surface area contributed by atoms with Crippen LogP contribution in [0.2, 0.25) is 0 Å². The van der Waals surface area contributed by atoms with Crippen LogP contribution in [0.4, 0.5) is 4.39 Å². The average molecular weight is 423 g/mol. The number of piperidine rings is 1. The van der Waals surface area contributed by atoms with Gasteiger partial charge in [0.25, 0.3) is 0 Å². The lowest BCUT2D eigenvalue weighted by molar-refractivity contribution is 0.0362. The molecule has 2 aromatic carbocycles. The van der Waals surface area contributed by atoms with Gasteiger partial charge < -0.3 is 5.11 Å². The number of β-amino-alcohol motifs (C(OH)–C–C–N with tert-alkyl or cyclic N) is 1. The van der Waals surface area contributed by atoms with Crippen molar-refractivity contribution < 1.29 is 9.50 Å². The molecule has 0 saturated carbocycles. The maximum absolute atomic E-state index is 13.1. The maximum Gasteiger partial charge on any atom is 0.123 e. The van der Waals surface area contributed by atoms with Crippen LogP contribution in [0.25, 0.3) is 0 Å². The summed E-state index contributed by atoms with van der Waals surface area (Å²) in [6.45, 7) is 7.67. The van der Waals surface area contributed by atoms with Gasteiger partial charge in [0.2, 0.25) is 0 Å². The van der Waals surface area contributed by atoms with Gasteiger partial charge >= 0.3 is 0 Å². The van der Waals surface area contributed by atoms with Crippen LogP contribution in [0.3, 0.4) is 0 Å². The molecule has 0 bridgehead atoms. The fourth-order valence-corrected chi connectivity index (χ4v) is 4.79. The second-order valence-corrected chi connectivity index (χ2v) is 8.72. The minimum atomic E-state index is -0.574. The zero-order valence-electron chi connectivity index (χ0n) is 18.0. The number of halogens is 1. The van der Waals surface area contributed by atoms with Crippen LogP contribution in [-0.4, -0.2) is 71.7 Å². The van der Waals surface area contributed by atoms with Crippen molar-refractivity contribution in [1.82, 2.24) is 14.7 Å². The van der Waals surface area contributed by atoms with Gasteiger partial charge in [-0.15, -0.1) is 0 Å². The normalized spacial score (nSPS) is 20.4. The standard InChI is InChI=1S/C25H31FN4O/c26-23-6-4-22(5-7-23)25(31)19-29-12-14-30(15-13-29)24-8-10-28(11-9-24)18-21-3-1-2-20(16-21)17-27/h1-7,16,24-25,31H,8-15,18-19H2. The van der Waals surface area contributed by atoms with E-state index < -0.39 is 6.10 Å². The largest absolute Gasteiger partial charge is 0.387 e. The van der Waals surface area contributed by atoms with Crippen molar-refractivity contribution in [2.24, 2.45) is 0 Å². The second kappa shape index (κ2) is 10.3. The van der Waals surface area contributed by atoms with Crippen LogP contribution in [0.15, 0.2) is 48.5 Å². The Labute approximate surface area is 184 Å². The van der Waals surface area contributed by atoms with E-state index in [1.54, 1.807) is 12.1 Å². The lowest BCUT2D eigenvalue weighted by atomic mass is 10.0. The van der Waals surface area contributed by atoms with Gasteiger partial charge in [-0.25, -0.2) is 4.39 Å². The van der Waals surface area contributed by atoms with Crippen LogP contribution in [0, 0.1) is 17.1 Å². The summed E-state index contributed by atoms with van der Waals surface area (Å²) in [5, 5.41) is 19.5. The Hall–Kier alpha value is -2.30. The van der Waals surface area contributed by atoms with Crippen LogP contribution >= 0.6 is 0 Å². The van der Waals surface area contributed by atoms with Crippen molar-refractivity contribution in [3.63, 3.8) is 0 Å². The number of hydrogen-bond acceptors (Lipinski definition) is 5. The van der Waals surface area contributed by atoms with Gasteiger partial charge in [-0.1, -0.05) is 24.3 Å². The van der Waals surface area contributed by atoms with Gasteiger partial charge in [0, 0.05) is 45.3 Å². The summed E-state index contributed by atoms with van der Waals surface area (Å²) in [7, 11) is 0. The summed E-state index contributed by atoms with van der Waals surface area (Å²) in [4.78, 5) is 7.40. The zero-order valence-corrected chi connectivity index (χ0v) is 18.0. The Morgan fingerprint density at radius 2 is 1.68 bits per heavy atom. The minimum Gasteiger partial charge on any atom is -0.387 e. The summed E-state index contributed by atoms with van der Waals surface area (Å²) in [5.41, 5.74) is 2.72. The SMILES string of the molecule is N#Cc1cccc(CN2CCC(N3CCN(CC(O)c4ccc(F)cc4)CC3)CC2)c1. The fraction of sp³-hybridized carbons (Fsp3) is 0.480. The van der Waals surface area contributed by atoms with E-state index in [1.165, 1.54) is 30.5 Å². The molecule has 31 heavy (non-hydrogen) atoms. The van der Waals surface area contributed by atoms with Gasteiger partial charge in [-0.05, 0) is 61.3 Å². The number of piperazine rings is 1. The first-order valence-corrected chi connectivity index (χ1v) is 11.2. The number of hydrogen-bond donors (Lipinski definition) is 1. The molecular weight excluding hydrogens is 391 g/mol. The number of nitriles is 1. The first-order chi connectivity index (χ1) is 15.1. The molecule has 0 radical (unpaired) electrons. The molecule has 0 aliphatic carbocycles. The third-order valence-corrected chi connectivity index (χ3v) is 6.63. The lowest BCUT2D eigenvalue weighted by Crippen LogP contribution is -2.53. The smallest absolute Gasteiger partial charge is 0.123 e. The molecule has 2 heterocycles. The van der Waals surface area contributed by atoms with E-state index in [9.17, 15) is 9.50 Å². The number of likely N-dealkylation sites (tertiary alicyclic amines) is 1. The lowest BCUT2D eigenvalue weighted by Gasteiger charge is -2.43. The van der Waals surface area contributed by atoms with E-state index >= 15 is 0 Å². The molecule has 6 heteroatoms. The van der Waals surface area contributed by atoms with Gasteiger partial charge in [-0.3, -0.25) is 14.7 Å². The van der Waals surface area contributed by atoms with Crippen LogP contribution in [0.5, 0.6) is 0 Å². The third-order valence-electron chi connectivity index (χ3n) is 6.63. The molecule has 1 atom stereocenters. The summed E-state index contributed by atoms with van der Waals surface area (Å²) < 4.78 is 13.1. The molecule has 1 unspecified atom stereocenters. The van der Waals surface area contributed by atoms with Crippen LogP contribution in [-0.2, 0) is 6.54 Å². The predicted octanol–water partition coefficient (Wildman–Crippen LogP) is 3.01. The van der Waals surface area contributed by atoms with E-state index in [2.05, 4.69) is 26.8 Å². The predicted molar refractivity (Wildman–Crippen MR) is 119 cm³/mol. The topological polar surface area (TPSA) is 53.7 Å². The monoisotopic (exact) mass is 422 g/mol. The van der Waals surface area contributed by atoms with E-state index in [0.29, 0.717) is 12.6 Å².